The fourth-order valence-corrected chi connectivity index (χ4v) is 2.09. The van der Waals surface area contributed by atoms with Gasteiger partial charge in [-0.05, 0) is 24.6 Å². The molecule has 2 atom stereocenters. The number of rotatable bonds is 5. The third kappa shape index (κ3) is 4.61. The highest BCUT2D eigenvalue weighted by Gasteiger charge is 2.24. The largest absolute Gasteiger partial charge is 0.388 e. The van der Waals surface area contributed by atoms with Crippen molar-refractivity contribution in [1.82, 2.24) is 15.5 Å². The number of aliphatic hydroxyl groups excluding tert-OH is 1. The average molecular weight is 335 g/mol. The predicted molar refractivity (Wildman–Crippen MR) is 85.5 cm³/mol. The molecule has 0 aliphatic heterocycles. The maximum absolute atomic E-state index is 13.2. The van der Waals surface area contributed by atoms with Gasteiger partial charge >= 0.3 is 0 Å². The molecule has 6 nitrogen and oxygen atoms in total. The second kappa shape index (κ2) is 7.09. The molecule has 130 valence electrons. The summed E-state index contributed by atoms with van der Waals surface area (Å²) >= 11 is 0. The third-order valence-corrected chi connectivity index (χ3v) is 3.47. The maximum Gasteiger partial charge on any atom is 0.248 e. The summed E-state index contributed by atoms with van der Waals surface area (Å²) in [5, 5.41) is 16.6. The van der Waals surface area contributed by atoms with E-state index in [9.17, 15) is 14.3 Å². The molecule has 2 aromatic rings. The number of benzene rings is 1. The van der Waals surface area contributed by atoms with Crippen LogP contribution in [0.1, 0.15) is 63.5 Å². The fraction of sp³-hybridized carbons (Fsp3) is 0.471. The van der Waals surface area contributed by atoms with E-state index in [-0.39, 0.29) is 11.8 Å². The van der Waals surface area contributed by atoms with Crippen LogP contribution >= 0.6 is 0 Å². The summed E-state index contributed by atoms with van der Waals surface area (Å²) in [5.41, 5.74) is 0.101. The number of nitrogens with one attached hydrogen (secondary N) is 1. The molecule has 1 aromatic heterocycles. The molecule has 2 unspecified atom stereocenters. The first-order valence-electron chi connectivity index (χ1n) is 7.74. The molecule has 0 saturated heterocycles. The molecule has 7 heteroatoms. The Bertz CT molecular complexity index is 709. The van der Waals surface area contributed by atoms with Gasteiger partial charge in [-0.2, -0.15) is 4.98 Å². The van der Waals surface area contributed by atoms with E-state index < -0.39 is 23.9 Å². The molecule has 0 saturated carbocycles. The van der Waals surface area contributed by atoms with Gasteiger partial charge in [-0.1, -0.05) is 38.1 Å². The van der Waals surface area contributed by atoms with Crippen molar-refractivity contribution in [2.75, 3.05) is 0 Å². The predicted octanol–water partition coefficient (Wildman–Crippen LogP) is 2.81. The van der Waals surface area contributed by atoms with Crippen molar-refractivity contribution in [3.8, 4) is 0 Å². The van der Waals surface area contributed by atoms with Gasteiger partial charge in [0.1, 0.15) is 11.9 Å². The monoisotopic (exact) mass is 335 g/mol. The number of aromatic nitrogens is 2. The van der Waals surface area contributed by atoms with E-state index in [2.05, 4.69) is 15.5 Å². The molecule has 24 heavy (non-hydrogen) atoms. The first-order chi connectivity index (χ1) is 11.2. The van der Waals surface area contributed by atoms with Crippen molar-refractivity contribution in [3.63, 3.8) is 0 Å². The molecule has 1 amide bonds. The summed E-state index contributed by atoms with van der Waals surface area (Å²) in [6.07, 6.45) is -1.27. The number of aliphatic hydroxyl groups is 1. The fourth-order valence-electron chi connectivity index (χ4n) is 2.09. The molecular weight excluding hydrogens is 313 g/mol. The van der Waals surface area contributed by atoms with Crippen LogP contribution in [0.2, 0.25) is 0 Å². The zero-order valence-corrected chi connectivity index (χ0v) is 14.2. The lowest BCUT2D eigenvalue weighted by atomic mass is 9.96. The Morgan fingerprint density at radius 3 is 2.71 bits per heavy atom. The van der Waals surface area contributed by atoms with Gasteiger partial charge in [0.25, 0.3) is 0 Å². The van der Waals surface area contributed by atoms with E-state index in [1.54, 1.807) is 13.0 Å². The number of carbonyl (C=O) groups is 1. The minimum Gasteiger partial charge on any atom is -0.388 e. The lowest BCUT2D eigenvalue weighted by Gasteiger charge is -2.14. The van der Waals surface area contributed by atoms with Gasteiger partial charge < -0.3 is 14.9 Å². The first kappa shape index (κ1) is 18.1. The Hall–Kier alpha value is -2.28. The van der Waals surface area contributed by atoms with Crippen LogP contribution in [0.3, 0.4) is 0 Å². The number of carbonyl (C=O) groups excluding carboxylic acids is 1. The SMILES string of the molecule is CC(NC(=O)CC(O)c1cccc(F)c1)c1nc(C(C)(C)C)no1. The highest BCUT2D eigenvalue weighted by atomic mass is 19.1. The van der Waals surface area contributed by atoms with Crippen LogP contribution in [0.25, 0.3) is 0 Å². The van der Waals surface area contributed by atoms with Crippen LogP contribution in [0.4, 0.5) is 4.39 Å². The highest BCUT2D eigenvalue weighted by molar-refractivity contribution is 5.77. The van der Waals surface area contributed by atoms with E-state index in [1.165, 1.54) is 18.2 Å². The topological polar surface area (TPSA) is 88.2 Å². The van der Waals surface area contributed by atoms with E-state index in [1.807, 2.05) is 20.8 Å². The van der Waals surface area contributed by atoms with Crippen molar-refractivity contribution in [1.29, 1.82) is 0 Å². The summed E-state index contributed by atoms with van der Waals surface area (Å²) in [4.78, 5) is 16.3. The summed E-state index contributed by atoms with van der Waals surface area (Å²) < 4.78 is 18.3. The molecule has 0 aliphatic carbocycles. The summed E-state index contributed by atoms with van der Waals surface area (Å²) in [5.74, 6) is 0.00239. The Labute approximate surface area is 140 Å². The maximum atomic E-state index is 13.2. The number of amides is 1. The number of hydrogen-bond acceptors (Lipinski definition) is 5. The van der Waals surface area contributed by atoms with Crippen LogP contribution in [-0.4, -0.2) is 21.2 Å². The third-order valence-electron chi connectivity index (χ3n) is 3.47. The average Bonchev–Trinajstić information content (AvgIpc) is 2.97. The second-order valence-electron chi connectivity index (χ2n) is 6.77. The van der Waals surface area contributed by atoms with Crippen molar-refractivity contribution in [2.24, 2.45) is 0 Å². The highest BCUT2D eigenvalue weighted by Crippen LogP contribution is 2.21. The van der Waals surface area contributed by atoms with Gasteiger partial charge in [0.15, 0.2) is 5.82 Å². The molecule has 0 radical (unpaired) electrons. The lowest BCUT2D eigenvalue weighted by Crippen LogP contribution is -2.28. The van der Waals surface area contributed by atoms with Gasteiger partial charge in [-0.15, -0.1) is 0 Å². The molecule has 2 rings (SSSR count). The Morgan fingerprint density at radius 1 is 1.42 bits per heavy atom. The second-order valence-corrected chi connectivity index (χ2v) is 6.77. The van der Waals surface area contributed by atoms with Gasteiger partial charge in [0.2, 0.25) is 11.8 Å². The number of halogens is 1. The summed E-state index contributed by atoms with van der Waals surface area (Å²) in [6.45, 7) is 7.59. The van der Waals surface area contributed by atoms with Gasteiger partial charge in [-0.3, -0.25) is 4.79 Å². The number of hydrogen-bond donors (Lipinski definition) is 2. The van der Waals surface area contributed by atoms with Crippen LogP contribution in [0, 0.1) is 5.82 Å². The summed E-state index contributed by atoms with van der Waals surface area (Å²) in [7, 11) is 0. The molecule has 0 aliphatic rings. The molecule has 1 aromatic carbocycles. The molecule has 1 heterocycles. The van der Waals surface area contributed by atoms with Crippen molar-refractivity contribution in [3.05, 3.63) is 47.4 Å². The molecule has 0 spiro atoms. The molecule has 0 bridgehead atoms. The Morgan fingerprint density at radius 2 is 2.12 bits per heavy atom. The van der Waals surface area contributed by atoms with E-state index >= 15 is 0 Å². The molecule has 0 fully saturated rings. The van der Waals surface area contributed by atoms with Crippen molar-refractivity contribution < 1.29 is 18.8 Å². The Balaban J connectivity index is 1.95. The van der Waals surface area contributed by atoms with Crippen molar-refractivity contribution >= 4 is 5.91 Å². The van der Waals surface area contributed by atoms with E-state index in [0.29, 0.717) is 17.3 Å². The lowest BCUT2D eigenvalue weighted by molar-refractivity contribution is -0.123. The van der Waals surface area contributed by atoms with Crippen molar-refractivity contribution in [2.45, 2.75) is 51.7 Å². The summed E-state index contributed by atoms with van der Waals surface area (Å²) in [6, 6.07) is 5.05. The van der Waals surface area contributed by atoms with Gasteiger partial charge in [0.05, 0.1) is 12.5 Å². The van der Waals surface area contributed by atoms with Gasteiger partial charge in [-0.25, -0.2) is 4.39 Å². The van der Waals surface area contributed by atoms with Crippen LogP contribution in [0.5, 0.6) is 0 Å². The normalized spacial score (nSPS) is 14.2. The quantitative estimate of drug-likeness (QED) is 0.877. The molecule has 2 N–H and O–H groups in total. The van der Waals surface area contributed by atoms with E-state index in [4.69, 9.17) is 4.52 Å². The standard InChI is InChI=1S/C17H22FN3O3/c1-10(15-20-16(21-24-15)17(2,3)4)19-14(23)9-13(22)11-6-5-7-12(18)8-11/h5-8,10,13,22H,9H2,1-4H3,(H,19,23). The number of nitrogens with zero attached hydrogens (tertiary/aromatic N) is 2. The molecular formula is C17H22FN3O3. The minimum absolute atomic E-state index is 0.186. The van der Waals surface area contributed by atoms with Crippen LogP contribution < -0.4 is 5.32 Å². The zero-order valence-electron chi connectivity index (χ0n) is 14.2. The zero-order chi connectivity index (χ0) is 17.9. The van der Waals surface area contributed by atoms with Crippen LogP contribution in [-0.2, 0) is 10.2 Å². The van der Waals surface area contributed by atoms with E-state index in [0.717, 1.165) is 0 Å². The first-order valence-corrected chi connectivity index (χ1v) is 7.74. The minimum atomic E-state index is -1.08. The Kier molecular flexibility index (Phi) is 5.33. The van der Waals surface area contributed by atoms with Gasteiger partial charge in [0, 0.05) is 5.41 Å². The smallest absolute Gasteiger partial charge is 0.248 e. The van der Waals surface area contributed by atoms with Crippen LogP contribution in [0.15, 0.2) is 28.8 Å².